The fourth-order valence-corrected chi connectivity index (χ4v) is 3.46. The third kappa shape index (κ3) is 4.64. The number of hydrogen-bond donors (Lipinski definition) is 2. The van der Waals surface area contributed by atoms with E-state index in [1.807, 2.05) is 0 Å². The van der Waals surface area contributed by atoms with Crippen molar-refractivity contribution in [1.82, 2.24) is 9.97 Å². The lowest BCUT2D eigenvalue weighted by molar-refractivity contribution is 0.00905. The summed E-state index contributed by atoms with van der Waals surface area (Å²) in [6, 6.07) is 3.24. The molecule has 0 aliphatic carbocycles. The molecule has 2 aromatic rings. The summed E-state index contributed by atoms with van der Waals surface area (Å²) in [6.07, 6.45) is -0.644. The van der Waals surface area contributed by atoms with E-state index in [-0.39, 0.29) is 54.5 Å². The molecular weight excluding hydrogens is 474 g/mol. The van der Waals surface area contributed by atoms with Crippen LogP contribution in [0.4, 0.5) is 23.2 Å². The van der Waals surface area contributed by atoms with Crippen LogP contribution in [0, 0.1) is 5.82 Å². The van der Waals surface area contributed by atoms with Gasteiger partial charge in [0.1, 0.15) is 18.1 Å². The Morgan fingerprint density at radius 3 is 2.73 bits per heavy atom. The molecule has 0 saturated carbocycles. The fraction of sp³-hybridized carbons (Fsp3) is 0.368. The second-order valence-corrected chi connectivity index (χ2v) is 7.15. The van der Waals surface area contributed by atoms with Gasteiger partial charge in [-0.2, -0.15) is 0 Å². The molecule has 9 nitrogen and oxygen atoms in total. The molecule has 178 valence electrons. The van der Waals surface area contributed by atoms with Crippen molar-refractivity contribution in [3.63, 3.8) is 0 Å². The van der Waals surface area contributed by atoms with Crippen LogP contribution in [0.2, 0.25) is 0 Å². The number of aromatic nitrogens is 2. The molecule has 2 aliphatic heterocycles. The lowest BCUT2D eigenvalue weighted by Crippen LogP contribution is -2.55. The number of carbonyl (C=O) groups excluding carboxylic acids is 1. The average molecular weight is 492 g/mol. The maximum Gasteiger partial charge on any atom is 0.283 e. The molecule has 0 bridgehead atoms. The minimum atomic E-state index is -2.68. The number of nitrogens with two attached hydrogens (primary N) is 1. The minimum Gasteiger partial charge on any atom is -0.470 e. The summed E-state index contributed by atoms with van der Waals surface area (Å²) < 4.78 is 69.5. The first-order chi connectivity index (χ1) is 15.2. The summed E-state index contributed by atoms with van der Waals surface area (Å²) in [6.45, 7) is -1.96. The second kappa shape index (κ2) is 9.35. The van der Waals surface area contributed by atoms with E-state index >= 15 is 4.39 Å². The molecule has 2 aliphatic rings. The maximum atomic E-state index is 15.5. The van der Waals surface area contributed by atoms with Crippen LogP contribution in [0.5, 0.6) is 5.88 Å². The number of carbonyl (C=O) groups is 1. The van der Waals surface area contributed by atoms with Crippen molar-refractivity contribution in [2.24, 2.45) is 10.7 Å². The molecule has 0 radical (unpaired) electrons. The van der Waals surface area contributed by atoms with E-state index < -0.39 is 42.6 Å². The molecular formula is C19H18ClF4N5O4. The zero-order valence-corrected chi connectivity index (χ0v) is 17.6. The van der Waals surface area contributed by atoms with E-state index in [1.165, 1.54) is 12.1 Å². The zero-order chi connectivity index (χ0) is 22.9. The molecule has 0 unspecified atom stereocenters. The van der Waals surface area contributed by atoms with Crippen molar-refractivity contribution in [2.75, 3.05) is 31.7 Å². The maximum absolute atomic E-state index is 15.5. The standard InChI is InChI=1S/C19H17F4N5O4.ClH/c20-12-2-1-10(27-16(29)13-4-26-15(5-25-13)31-6-14(21)22)3-11(12)19-9-30-7-18(19,23)8-32-17(24)28-19;/h1-5,14H,6-9H2,(H2,24,28)(H,27,29);1H/t18-,19-;/m1./s1. The molecule has 1 fully saturated rings. The first-order valence-electron chi connectivity index (χ1n) is 9.32. The Bertz CT molecular complexity index is 1060. The number of amidine groups is 1. The Labute approximate surface area is 190 Å². The van der Waals surface area contributed by atoms with Gasteiger partial charge in [-0.15, -0.1) is 12.4 Å². The average Bonchev–Trinajstić information content (AvgIpc) is 3.11. The Kier molecular flexibility index (Phi) is 6.93. The first kappa shape index (κ1) is 24.5. The third-order valence-corrected chi connectivity index (χ3v) is 5.02. The van der Waals surface area contributed by atoms with Crippen molar-refractivity contribution in [3.05, 3.63) is 47.7 Å². The van der Waals surface area contributed by atoms with E-state index in [4.69, 9.17) is 19.9 Å². The first-order valence-corrected chi connectivity index (χ1v) is 9.32. The van der Waals surface area contributed by atoms with Crippen LogP contribution in [0.15, 0.2) is 35.6 Å². The van der Waals surface area contributed by atoms with Crippen LogP contribution in [-0.2, 0) is 15.0 Å². The molecule has 3 N–H and O–H groups in total. The summed E-state index contributed by atoms with van der Waals surface area (Å²) >= 11 is 0. The van der Waals surface area contributed by atoms with E-state index in [9.17, 15) is 18.0 Å². The lowest BCUT2D eigenvalue weighted by Gasteiger charge is -2.38. The molecule has 33 heavy (non-hydrogen) atoms. The normalized spacial score (nSPS) is 23.7. The van der Waals surface area contributed by atoms with Crippen molar-refractivity contribution >= 4 is 30.0 Å². The van der Waals surface area contributed by atoms with E-state index in [1.54, 1.807) is 0 Å². The smallest absolute Gasteiger partial charge is 0.283 e. The van der Waals surface area contributed by atoms with E-state index in [0.717, 1.165) is 18.5 Å². The largest absolute Gasteiger partial charge is 0.470 e. The lowest BCUT2D eigenvalue weighted by atomic mass is 9.78. The molecule has 4 rings (SSSR count). The van der Waals surface area contributed by atoms with Gasteiger partial charge in [-0.25, -0.2) is 32.5 Å². The molecule has 0 spiro atoms. The summed E-state index contributed by atoms with van der Waals surface area (Å²) in [5, 5.41) is 2.49. The number of amides is 1. The fourth-order valence-electron chi connectivity index (χ4n) is 3.46. The van der Waals surface area contributed by atoms with Gasteiger partial charge in [-0.3, -0.25) is 4.79 Å². The van der Waals surface area contributed by atoms with E-state index in [0.29, 0.717) is 0 Å². The number of ether oxygens (including phenoxy) is 3. The quantitative estimate of drug-likeness (QED) is 0.594. The van der Waals surface area contributed by atoms with Gasteiger partial charge < -0.3 is 25.3 Å². The molecule has 3 heterocycles. The van der Waals surface area contributed by atoms with Crippen LogP contribution in [0.1, 0.15) is 16.1 Å². The van der Waals surface area contributed by atoms with Crippen LogP contribution < -0.4 is 15.8 Å². The Morgan fingerprint density at radius 1 is 1.24 bits per heavy atom. The number of rotatable bonds is 6. The SMILES string of the molecule is Cl.NC1=N[C@@]2(c3cc(NC(=O)c4cnc(OCC(F)F)cn4)ccc3F)COC[C@@]2(F)CO1. The number of anilines is 1. The second-order valence-electron chi connectivity index (χ2n) is 7.15. The molecule has 1 aromatic heterocycles. The molecule has 1 aromatic carbocycles. The predicted octanol–water partition coefficient (Wildman–Crippen LogP) is 2.21. The summed E-state index contributed by atoms with van der Waals surface area (Å²) in [5.41, 5.74) is 1.49. The number of aliphatic imine (C=N–C) groups is 1. The molecule has 2 atom stereocenters. The van der Waals surface area contributed by atoms with Gasteiger partial charge >= 0.3 is 0 Å². The van der Waals surface area contributed by atoms with Crippen LogP contribution in [-0.4, -0.2) is 60.4 Å². The summed E-state index contributed by atoms with van der Waals surface area (Å²) in [5.74, 6) is -1.67. The van der Waals surface area contributed by atoms with Gasteiger partial charge in [-0.05, 0) is 18.2 Å². The predicted molar refractivity (Wildman–Crippen MR) is 109 cm³/mol. The molecule has 1 saturated heterocycles. The van der Waals surface area contributed by atoms with Gasteiger partial charge in [0.25, 0.3) is 18.4 Å². The highest BCUT2D eigenvalue weighted by atomic mass is 35.5. The Morgan fingerprint density at radius 2 is 2.03 bits per heavy atom. The highest BCUT2D eigenvalue weighted by molar-refractivity contribution is 6.02. The summed E-state index contributed by atoms with van der Waals surface area (Å²) in [7, 11) is 0. The number of hydrogen-bond acceptors (Lipinski definition) is 8. The van der Waals surface area contributed by atoms with Crippen LogP contribution in [0.25, 0.3) is 0 Å². The highest BCUT2D eigenvalue weighted by Gasteiger charge is 2.62. The van der Waals surface area contributed by atoms with Crippen molar-refractivity contribution in [2.45, 2.75) is 17.6 Å². The van der Waals surface area contributed by atoms with Crippen LogP contribution in [0.3, 0.4) is 0 Å². The van der Waals surface area contributed by atoms with Gasteiger partial charge in [0.15, 0.2) is 17.8 Å². The van der Waals surface area contributed by atoms with Crippen molar-refractivity contribution < 1.29 is 36.6 Å². The molecule has 14 heteroatoms. The van der Waals surface area contributed by atoms with Crippen LogP contribution >= 0.6 is 12.4 Å². The third-order valence-electron chi connectivity index (χ3n) is 5.02. The topological polar surface area (TPSA) is 121 Å². The van der Waals surface area contributed by atoms with Gasteiger partial charge in [-0.1, -0.05) is 0 Å². The number of benzene rings is 1. The Balaban J connectivity index is 0.00000306. The number of nitrogens with zero attached hydrogens (tertiary/aromatic N) is 3. The molecule has 1 amide bonds. The van der Waals surface area contributed by atoms with Gasteiger partial charge in [0, 0.05) is 11.3 Å². The number of halogens is 5. The number of fused-ring (bicyclic) bond motifs is 1. The number of nitrogens with one attached hydrogen (secondary N) is 1. The van der Waals surface area contributed by atoms with Crippen molar-refractivity contribution in [3.8, 4) is 5.88 Å². The van der Waals surface area contributed by atoms with E-state index in [2.05, 4.69) is 20.3 Å². The highest BCUT2D eigenvalue weighted by Crippen LogP contribution is 2.48. The zero-order valence-electron chi connectivity index (χ0n) is 16.8. The summed E-state index contributed by atoms with van der Waals surface area (Å²) in [4.78, 5) is 24.0. The van der Waals surface area contributed by atoms with Gasteiger partial charge in [0.05, 0.1) is 25.6 Å². The number of alkyl halides is 3. The van der Waals surface area contributed by atoms with Gasteiger partial charge in [0.2, 0.25) is 5.88 Å². The monoisotopic (exact) mass is 491 g/mol. The van der Waals surface area contributed by atoms with Crippen molar-refractivity contribution in [1.29, 1.82) is 0 Å². The Hall–Kier alpha value is -3.19. The minimum absolute atomic E-state index is 0.